The van der Waals surface area contributed by atoms with Gasteiger partial charge in [0.15, 0.2) is 12.2 Å². The zero-order chi connectivity index (χ0) is 71.0. The second-order valence-electron chi connectivity index (χ2n) is 29.7. The van der Waals surface area contributed by atoms with Crippen molar-refractivity contribution >= 4 is 39.5 Å². The Morgan fingerprint density at radius 3 is 0.646 bits per heavy atom. The summed E-state index contributed by atoms with van der Waals surface area (Å²) in [5.74, 6) is 0.903. The highest BCUT2D eigenvalue weighted by molar-refractivity contribution is 7.47. The molecule has 3 unspecified atom stereocenters. The van der Waals surface area contributed by atoms with E-state index in [2.05, 4.69) is 55.4 Å². The maximum atomic E-state index is 13.1. The molecule has 0 spiro atoms. The van der Waals surface area contributed by atoms with Crippen LogP contribution in [-0.2, 0) is 65.4 Å². The van der Waals surface area contributed by atoms with Crippen LogP contribution in [0.1, 0.15) is 389 Å². The fourth-order valence-corrected chi connectivity index (χ4v) is 13.3. The van der Waals surface area contributed by atoms with Crippen LogP contribution in [0.25, 0.3) is 0 Å². The number of ether oxygens (including phenoxy) is 4. The van der Waals surface area contributed by atoms with Gasteiger partial charge < -0.3 is 33.8 Å². The van der Waals surface area contributed by atoms with Gasteiger partial charge in [-0.15, -0.1) is 0 Å². The lowest BCUT2D eigenvalue weighted by Gasteiger charge is -2.21. The summed E-state index contributed by atoms with van der Waals surface area (Å²) >= 11 is 0. The molecule has 0 aromatic carbocycles. The number of rotatable bonds is 74. The normalized spacial score (nSPS) is 14.1. The Balaban J connectivity index is 5.20. The van der Waals surface area contributed by atoms with Crippen molar-refractivity contribution < 1.29 is 80.2 Å². The van der Waals surface area contributed by atoms with Gasteiger partial charge >= 0.3 is 39.5 Å². The molecule has 19 heteroatoms. The molecule has 17 nitrogen and oxygen atoms in total. The van der Waals surface area contributed by atoms with Gasteiger partial charge in [0, 0.05) is 25.7 Å². The SMILES string of the molecule is CC(C)CCCCCCCCCCCCCCCCCC(=O)OC[C@H](COP(=O)(O)OCC(O)COP(=O)(O)OC[C@@H](COC(=O)CCCCCCCCCC(C)C)OC(=O)CCCCCCCCCCCCCCCCC(C)C)OC(=O)CCCCCCCCCCC(C)C. The summed E-state index contributed by atoms with van der Waals surface area (Å²) in [5, 5.41) is 10.6. The van der Waals surface area contributed by atoms with Crippen molar-refractivity contribution in [3.05, 3.63) is 0 Å². The Bertz CT molecular complexity index is 1880. The van der Waals surface area contributed by atoms with Crippen molar-refractivity contribution in [1.82, 2.24) is 0 Å². The smallest absolute Gasteiger partial charge is 0.462 e. The van der Waals surface area contributed by atoms with E-state index >= 15 is 0 Å². The molecule has 5 atom stereocenters. The van der Waals surface area contributed by atoms with Crippen LogP contribution in [0.15, 0.2) is 0 Å². The van der Waals surface area contributed by atoms with Crippen molar-refractivity contribution in [1.29, 1.82) is 0 Å². The molecular weight excluding hydrogens is 1260 g/mol. The van der Waals surface area contributed by atoms with Crippen LogP contribution in [0.4, 0.5) is 0 Å². The van der Waals surface area contributed by atoms with Crippen molar-refractivity contribution in [2.45, 2.75) is 408 Å². The molecule has 0 radical (unpaired) electrons. The van der Waals surface area contributed by atoms with E-state index in [-0.39, 0.29) is 25.7 Å². The maximum Gasteiger partial charge on any atom is 0.472 e. The molecule has 3 N–H and O–H groups in total. The summed E-state index contributed by atoms with van der Waals surface area (Å²) in [4.78, 5) is 72.8. The summed E-state index contributed by atoms with van der Waals surface area (Å²) in [7, 11) is -9.91. The number of phosphoric acid groups is 2. The van der Waals surface area contributed by atoms with Gasteiger partial charge in [0.2, 0.25) is 0 Å². The van der Waals surface area contributed by atoms with Gasteiger partial charge in [-0.2, -0.15) is 0 Å². The average Bonchev–Trinajstić information content (AvgIpc) is 1.95. The molecule has 0 aromatic heterocycles. The first-order valence-electron chi connectivity index (χ1n) is 39.7. The second kappa shape index (κ2) is 66.3. The molecule has 0 amide bonds. The minimum absolute atomic E-state index is 0.104. The van der Waals surface area contributed by atoms with E-state index in [0.717, 1.165) is 114 Å². The van der Waals surface area contributed by atoms with Crippen LogP contribution in [0, 0.1) is 23.7 Å². The van der Waals surface area contributed by atoms with Crippen molar-refractivity contribution in [3.8, 4) is 0 Å². The summed E-state index contributed by atoms with van der Waals surface area (Å²) in [6.07, 6.45) is 51.5. The van der Waals surface area contributed by atoms with Gasteiger partial charge in [0.05, 0.1) is 26.4 Å². The van der Waals surface area contributed by atoms with Gasteiger partial charge in [0.25, 0.3) is 0 Å². The molecule has 0 aliphatic rings. The zero-order valence-electron chi connectivity index (χ0n) is 63.0. The lowest BCUT2D eigenvalue weighted by atomic mass is 10.0. The van der Waals surface area contributed by atoms with Crippen LogP contribution in [0.5, 0.6) is 0 Å². The molecule has 0 rings (SSSR count). The number of hydrogen-bond donors (Lipinski definition) is 3. The van der Waals surface area contributed by atoms with E-state index in [1.54, 1.807) is 0 Å². The number of hydrogen-bond acceptors (Lipinski definition) is 15. The number of carbonyl (C=O) groups is 4. The fourth-order valence-electron chi connectivity index (χ4n) is 11.7. The van der Waals surface area contributed by atoms with Crippen molar-refractivity contribution in [2.24, 2.45) is 23.7 Å². The molecule has 0 fully saturated rings. The summed E-state index contributed by atoms with van der Waals surface area (Å²) < 4.78 is 68.5. The number of phosphoric ester groups is 2. The molecule has 570 valence electrons. The van der Waals surface area contributed by atoms with E-state index in [9.17, 15) is 43.2 Å². The third-order valence-electron chi connectivity index (χ3n) is 17.8. The van der Waals surface area contributed by atoms with Crippen LogP contribution in [0.3, 0.4) is 0 Å². The van der Waals surface area contributed by atoms with E-state index in [0.29, 0.717) is 31.6 Å². The van der Waals surface area contributed by atoms with E-state index < -0.39 is 97.5 Å². The molecule has 0 heterocycles. The number of unbranched alkanes of at least 4 members (excludes halogenated alkanes) is 40. The largest absolute Gasteiger partial charge is 0.472 e. The summed E-state index contributed by atoms with van der Waals surface area (Å²) in [5.41, 5.74) is 0. The number of aliphatic hydroxyl groups excluding tert-OH is 1. The zero-order valence-corrected chi connectivity index (χ0v) is 64.8. The highest BCUT2D eigenvalue weighted by Crippen LogP contribution is 2.45. The van der Waals surface area contributed by atoms with E-state index in [4.69, 9.17) is 37.0 Å². The predicted molar refractivity (Wildman–Crippen MR) is 391 cm³/mol. The maximum absolute atomic E-state index is 13.1. The lowest BCUT2D eigenvalue weighted by Crippen LogP contribution is -2.30. The average molecular weight is 1410 g/mol. The lowest BCUT2D eigenvalue weighted by molar-refractivity contribution is -0.161. The first kappa shape index (κ1) is 94.1. The molecule has 96 heavy (non-hydrogen) atoms. The van der Waals surface area contributed by atoms with Crippen LogP contribution >= 0.6 is 15.6 Å². The number of aliphatic hydroxyl groups is 1. The fraction of sp³-hybridized carbons (Fsp3) is 0.948. The Hall–Kier alpha value is -1.94. The molecule has 0 bridgehead atoms. The summed E-state index contributed by atoms with van der Waals surface area (Å²) in [6, 6.07) is 0. The molecule has 0 aliphatic heterocycles. The molecule has 0 aliphatic carbocycles. The van der Waals surface area contributed by atoms with Crippen LogP contribution in [0.2, 0.25) is 0 Å². The van der Waals surface area contributed by atoms with E-state index in [1.807, 2.05) is 0 Å². The quantitative estimate of drug-likeness (QED) is 0.0222. The van der Waals surface area contributed by atoms with Crippen LogP contribution < -0.4 is 0 Å². The molecule has 0 saturated heterocycles. The molecular formula is C77H150O17P2. The first-order valence-corrected chi connectivity index (χ1v) is 42.7. The molecule has 0 saturated carbocycles. The van der Waals surface area contributed by atoms with Gasteiger partial charge in [-0.1, -0.05) is 338 Å². The third kappa shape index (κ3) is 70.5. The highest BCUT2D eigenvalue weighted by atomic mass is 31.2. The van der Waals surface area contributed by atoms with E-state index in [1.165, 1.54) is 186 Å². The minimum atomic E-state index is -4.96. The standard InChI is InChI=1S/C77H150O17P2/c1-67(2)53-45-37-29-22-18-14-10-9-11-16-20-24-33-41-49-57-74(79)87-63-72(94-77(82)60-52-44-35-27-26-31-39-47-55-69(5)6)65-91-95(83,84)89-61-71(78)62-90-96(85,86)92-66-73(64-88-75(80)58-50-42-36-28-32-40-48-56-70(7)8)93-76(81)59-51-43-34-25-21-17-13-12-15-19-23-30-38-46-54-68(3)4/h67-73,78H,9-66H2,1-8H3,(H,83,84)(H,85,86)/t71?,72-,73-/m1/s1. The van der Waals surface area contributed by atoms with Crippen LogP contribution in [-0.4, -0.2) is 96.7 Å². The van der Waals surface area contributed by atoms with Gasteiger partial charge in [-0.25, -0.2) is 9.13 Å². The van der Waals surface area contributed by atoms with Gasteiger partial charge in [-0.05, 0) is 49.4 Å². The van der Waals surface area contributed by atoms with Gasteiger partial charge in [0.1, 0.15) is 19.3 Å². The number of carbonyl (C=O) groups excluding carboxylic acids is 4. The first-order chi connectivity index (χ1) is 46.1. The Morgan fingerprint density at radius 2 is 0.438 bits per heavy atom. The van der Waals surface area contributed by atoms with Crippen molar-refractivity contribution in [2.75, 3.05) is 39.6 Å². The highest BCUT2D eigenvalue weighted by Gasteiger charge is 2.30. The summed E-state index contributed by atoms with van der Waals surface area (Å²) in [6.45, 7) is 14.2. The molecule has 0 aromatic rings. The number of esters is 4. The second-order valence-corrected chi connectivity index (χ2v) is 32.6. The Morgan fingerprint density at radius 1 is 0.260 bits per heavy atom. The minimum Gasteiger partial charge on any atom is -0.462 e. The topological polar surface area (TPSA) is 237 Å². The Kier molecular flexibility index (Phi) is 65.0. The Labute approximate surface area is 588 Å². The van der Waals surface area contributed by atoms with Crippen molar-refractivity contribution in [3.63, 3.8) is 0 Å². The third-order valence-corrected chi connectivity index (χ3v) is 19.7. The predicted octanol–water partition coefficient (Wildman–Crippen LogP) is 22.4. The van der Waals surface area contributed by atoms with Gasteiger partial charge in [-0.3, -0.25) is 37.3 Å². The monoisotopic (exact) mass is 1410 g/mol.